The number of hydrogen-bond acceptors (Lipinski definition) is 3. The van der Waals surface area contributed by atoms with Crippen LogP contribution in [0.5, 0.6) is 0 Å². The van der Waals surface area contributed by atoms with E-state index < -0.39 is 10.0 Å². The van der Waals surface area contributed by atoms with Crippen LogP contribution >= 0.6 is 0 Å². The average molecular weight is 304 g/mol. The molecule has 0 aromatic heterocycles. The Kier molecular flexibility index (Phi) is 4.65. The second kappa shape index (κ2) is 6.28. The monoisotopic (exact) mass is 304 g/mol. The van der Waals surface area contributed by atoms with Crippen molar-refractivity contribution in [3.63, 3.8) is 0 Å². The number of anilines is 1. The Hall–Kier alpha value is -1.85. The summed E-state index contributed by atoms with van der Waals surface area (Å²) < 4.78 is 27.4. The molecule has 0 fully saturated rings. The van der Waals surface area contributed by atoms with Crippen molar-refractivity contribution in [2.75, 3.05) is 11.8 Å². The highest BCUT2D eigenvalue weighted by molar-refractivity contribution is 7.92. The van der Waals surface area contributed by atoms with Gasteiger partial charge in [-0.05, 0) is 61.9 Å². The van der Waals surface area contributed by atoms with Crippen LogP contribution in [-0.2, 0) is 16.6 Å². The molecule has 0 amide bonds. The summed E-state index contributed by atoms with van der Waals surface area (Å²) >= 11 is 0. The van der Waals surface area contributed by atoms with Crippen LogP contribution in [0.4, 0.5) is 5.69 Å². The number of aryl methyl sites for hydroxylation is 2. The van der Waals surface area contributed by atoms with Gasteiger partial charge in [-0.15, -0.1) is 0 Å². The van der Waals surface area contributed by atoms with Crippen molar-refractivity contribution in [2.45, 2.75) is 25.3 Å². The zero-order valence-electron chi connectivity index (χ0n) is 12.5. The lowest BCUT2D eigenvalue weighted by Gasteiger charge is -2.10. The minimum absolute atomic E-state index is 0.265. The molecule has 0 aliphatic rings. The van der Waals surface area contributed by atoms with Crippen molar-refractivity contribution in [3.05, 3.63) is 59.2 Å². The first-order valence-corrected chi connectivity index (χ1v) is 8.24. The average Bonchev–Trinajstić information content (AvgIpc) is 2.38. The van der Waals surface area contributed by atoms with Crippen molar-refractivity contribution in [2.24, 2.45) is 0 Å². The summed E-state index contributed by atoms with van der Waals surface area (Å²) in [4.78, 5) is 0.265. The first-order chi connectivity index (χ1) is 9.90. The number of benzene rings is 2. The Morgan fingerprint density at radius 3 is 2.05 bits per heavy atom. The van der Waals surface area contributed by atoms with E-state index in [0.29, 0.717) is 12.2 Å². The van der Waals surface area contributed by atoms with E-state index in [-0.39, 0.29) is 4.90 Å². The first kappa shape index (κ1) is 15.5. The summed E-state index contributed by atoms with van der Waals surface area (Å²) in [6.45, 7) is 4.60. The molecule has 2 rings (SSSR count). The minimum Gasteiger partial charge on any atom is -0.316 e. The maximum absolute atomic E-state index is 12.4. The van der Waals surface area contributed by atoms with Crippen LogP contribution in [0, 0.1) is 13.8 Å². The third kappa shape index (κ3) is 4.06. The Morgan fingerprint density at radius 2 is 1.52 bits per heavy atom. The maximum atomic E-state index is 12.4. The van der Waals surface area contributed by atoms with E-state index in [2.05, 4.69) is 10.0 Å². The fraction of sp³-hybridized carbons (Fsp3) is 0.250. The van der Waals surface area contributed by atoms with Crippen LogP contribution in [-0.4, -0.2) is 15.5 Å². The number of hydrogen-bond donors (Lipinski definition) is 2. The van der Waals surface area contributed by atoms with E-state index in [1.165, 1.54) is 0 Å². The number of nitrogens with one attached hydrogen (secondary N) is 2. The lowest BCUT2D eigenvalue weighted by atomic mass is 10.1. The molecule has 0 bridgehead atoms. The molecule has 0 aliphatic carbocycles. The molecule has 0 radical (unpaired) electrons. The third-order valence-electron chi connectivity index (χ3n) is 3.09. The van der Waals surface area contributed by atoms with Gasteiger partial charge in [-0.2, -0.15) is 0 Å². The van der Waals surface area contributed by atoms with E-state index >= 15 is 0 Å². The van der Waals surface area contributed by atoms with Gasteiger partial charge in [-0.3, -0.25) is 4.72 Å². The topological polar surface area (TPSA) is 58.2 Å². The fourth-order valence-corrected chi connectivity index (χ4v) is 3.28. The predicted molar refractivity (Wildman–Crippen MR) is 85.9 cm³/mol. The van der Waals surface area contributed by atoms with Crippen molar-refractivity contribution in [1.29, 1.82) is 0 Å². The second-order valence-corrected chi connectivity index (χ2v) is 6.84. The zero-order chi connectivity index (χ0) is 15.5. The van der Waals surface area contributed by atoms with Gasteiger partial charge in [-0.1, -0.05) is 18.2 Å². The molecular formula is C16H20N2O2S. The third-order valence-corrected chi connectivity index (χ3v) is 4.49. The van der Waals surface area contributed by atoms with Crippen molar-refractivity contribution in [3.8, 4) is 0 Å². The Labute approximate surface area is 126 Å². The highest BCUT2D eigenvalue weighted by Crippen LogP contribution is 2.19. The number of rotatable bonds is 5. The smallest absolute Gasteiger partial charge is 0.261 e. The summed E-state index contributed by atoms with van der Waals surface area (Å²) in [5, 5.41) is 3.03. The molecular weight excluding hydrogens is 284 g/mol. The second-order valence-electron chi connectivity index (χ2n) is 5.16. The zero-order valence-corrected chi connectivity index (χ0v) is 13.3. The maximum Gasteiger partial charge on any atom is 0.261 e. The van der Waals surface area contributed by atoms with Crippen LogP contribution in [0.15, 0.2) is 47.4 Å². The molecule has 0 unspecified atom stereocenters. The van der Waals surface area contributed by atoms with Gasteiger partial charge in [0.15, 0.2) is 0 Å². The normalized spacial score (nSPS) is 11.4. The van der Waals surface area contributed by atoms with Gasteiger partial charge in [0.2, 0.25) is 0 Å². The lowest BCUT2D eigenvalue weighted by molar-refractivity contribution is 0.601. The summed E-state index contributed by atoms with van der Waals surface area (Å²) in [5.74, 6) is 0. The SMILES string of the molecule is CNCc1ccc(S(=O)(=O)Nc2cc(C)cc(C)c2)cc1. The molecule has 112 valence electrons. The van der Waals surface area contributed by atoms with Gasteiger partial charge in [0.05, 0.1) is 4.90 Å². The first-order valence-electron chi connectivity index (χ1n) is 6.75. The van der Waals surface area contributed by atoms with Gasteiger partial charge in [0, 0.05) is 12.2 Å². The van der Waals surface area contributed by atoms with E-state index in [0.717, 1.165) is 16.7 Å². The van der Waals surface area contributed by atoms with Crippen LogP contribution in [0.3, 0.4) is 0 Å². The van der Waals surface area contributed by atoms with E-state index in [9.17, 15) is 8.42 Å². The Bertz CT molecular complexity index is 702. The van der Waals surface area contributed by atoms with E-state index in [1.54, 1.807) is 12.1 Å². The standard InChI is InChI=1S/C16H20N2O2S/c1-12-8-13(2)10-15(9-12)18-21(19,20)16-6-4-14(5-7-16)11-17-3/h4-10,17-18H,11H2,1-3H3. The molecule has 4 nitrogen and oxygen atoms in total. The van der Waals surface area contributed by atoms with Crippen LogP contribution in [0.25, 0.3) is 0 Å². The molecule has 2 aromatic carbocycles. The van der Waals surface area contributed by atoms with Gasteiger partial charge in [-0.25, -0.2) is 8.42 Å². The Balaban J connectivity index is 2.25. The predicted octanol–water partition coefficient (Wildman–Crippen LogP) is 2.82. The van der Waals surface area contributed by atoms with Crippen molar-refractivity contribution in [1.82, 2.24) is 5.32 Å². The Morgan fingerprint density at radius 1 is 0.952 bits per heavy atom. The van der Waals surface area contributed by atoms with E-state index in [4.69, 9.17) is 0 Å². The molecule has 0 saturated heterocycles. The summed E-state index contributed by atoms with van der Waals surface area (Å²) in [7, 11) is -1.70. The molecule has 0 heterocycles. The minimum atomic E-state index is -3.55. The van der Waals surface area contributed by atoms with Crippen molar-refractivity contribution >= 4 is 15.7 Å². The summed E-state index contributed by atoms with van der Waals surface area (Å²) in [6.07, 6.45) is 0. The van der Waals surface area contributed by atoms with Gasteiger partial charge in [0.25, 0.3) is 10.0 Å². The van der Waals surface area contributed by atoms with Gasteiger partial charge in [0.1, 0.15) is 0 Å². The van der Waals surface area contributed by atoms with E-state index in [1.807, 2.05) is 51.2 Å². The van der Waals surface area contributed by atoms with Crippen LogP contribution in [0.2, 0.25) is 0 Å². The molecule has 0 atom stereocenters. The summed E-state index contributed by atoms with van der Waals surface area (Å²) in [6, 6.07) is 12.5. The van der Waals surface area contributed by atoms with Crippen LogP contribution < -0.4 is 10.0 Å². The molecule has 5 heteroatoms. The molecule has 0 saturated carbocycles. The lowest BCUT2D eigenvalue weighted by Crippen LogP contribution is -2.13. The number of sulfonamides is 1. The van der Waals surface area contributed by atoms with Gasteiger partial charge >= 0.3 is 0 Å². The van der Waals surface area contributed by atoms with Crippen LogP contribution in [0.1, 0.15) is 16.7 Å². The molecule has 0 spiro atoms. The fourth-order valence-electron chi connectivity index (χ4n) is 2.24. The summed E-state index contributed by atoms with van der Waals surface area (Å²) in [5.41, 5.74) is 3.68. The molecule has 21 heavy (non-hydrogen) atoms. The largest absolute Gasteiger partial charge is 0.316 e. The highest BCUT2D eigenvalue weighted by atomic mass is 32.2. The molecule has 0 aliphatic heterocycles. The quantitative estimate of drug-likeness (QED) is 0.893. The molecule has 2 aromatic rings. The molecule has 2 N–H and O–H groups in total. The van der Waals surface area contributed by atoms with Crippen molar-refractivity contribution < 1.29 is 8.42 Å². The van der Waals surface area contributed by atoms with Gasteiger partial charge < -0.3 is 5.32 Å². The highest BCUT2D eigenvalue weighted by Gasteiger charge is 2.14.